The van der Waals surface area contributed by atoms with Crippen LogP contribution in [0.1, 0.15) is 31.2 Å². The second-order valence-electron chi connectivity index (χ2n) is 6.52. The van der Waals surface area contributed by atoms with Crippen LogP contribution in [0.15, 0.2) is 24.5 Å². The summed E-state index contributed by atoms with van der Waals surface area (Å²) >= 11 is 0. The Morgan fingerprint density at radius 1 is 1.39 bits per heavy atom. The molecule has 1 aromatic heterocycles. The maximum absolute atomic E-state index is 12.9. The Kier molecular flexibility index (Phi) is 4.68. The second-order valence-corrected chi connectivity index (χ2v) is 8.50. The molecule has 2 heterocycles. The van der Waals surface area contributed by atoms with E-state index in [-0.39, 0.29) is 11.8 Å². The zero-order valence-electron chi connectivity index (χ0n) is 13.4. The fourth-order valence-corrected chi connectivity index (χ4v) is 4.05. The number of sulfonamides is 1. The molecule has 6 nitrogen and oxygen atoms in total. The lowest BCUT2D eigenvalue weighted by atomic mass is 9.97. The molecule has 23 heavy (non-hydrogen) atoms. The molecule has 1 saturated carbocycles. The number of carbonyl (C=O) groups excluding carboxylic acids is 1. The number of amides is 1. The van der Waals surface area contributed by atoms with E-state index >= 15 is 0 Å². The number of pyridine rings is 1. The molecule has 1 amide bonds. The van der Waals surface area contributed by atoms with Crippen molar-refractivity contribution in [2.45, 2.75) is 38.3 Å². The van der Waals surface area contributed by atoms with Gasteiger partial charge >= 0.3 is 0 Å². The topological polar surface area (TPSA) is 70.6 Å². The zero-order valence-corrected chi connectivity index (χ0v) is 14.2. The second kappa shape index (κ2) is 6.57. The van der Waals surface area contributed by atoms with Gasteiger partial charge in [0.15, 0.2) is 0 Å². The van der Waals surface area contributed by atoms with Crippen LogP contribution in [0.25, 0.3) is 0 Å². The average Bonchev–Trinajstić information content (AvgIpc) is 3.37. The lowest BCUT2D eigenvalue weighted by molar-refractivity contribution is -0.138. The van der Waals surface area contributed by atoms with Crippen LogP contribution in [0.3, 0.4) is 0 Å². The first-order chi connectivity index (χ1) is 10.9. The molecule has 2 aliphatic rings. The van der Waals surface area contributed by atoms with Crippen molar-refractivity contribution in [1.29, 1.82) is 0 Å². The van der Waals surface area contributed by atoms with E-state index in [9.17, 15) is 13.2 Å². The summed E-state index contributed by atoms with van der Waals surface area (Å²) in [4.78, 5) is 19.0. The third-order valence-corrected chi connectivity index (χ3v) is 5.82. The van der Waals surface area contributed by atoms with E-state index < -0.39 is 10.0 Å². The molecule has 1 unspecified atom stereocenters. The molecule has 7 heteroatoms. The van der Waals surface area contributed by atoms with Crippen LogP contribution in [-0.4, -0.2) is 53.9 Å². The predicted octanol–water partition coefficient (Wildman–Crippen LogP) is 1.24. The minimum Gasteiger partial charge on any atom is -0.335 e. The fraction of sp³-hybridized carbons (Fsp3) is 0.625. The standard InChI is InChI=1S/C16H23N3O3S/c1-23(21,22)18-9-3-5-14(12-18)16(20)19(15-6-7-15)11-13-4-2-8-17-10-13/h2,4,8,10,14-15H,3,5-7,9,11-12H2,1H3. The van der Waals surface area contributed by atoms with Gasteiger partial charge in [0.05, 0.1) is 12.2 Å². The van der Waals surface area contributed by atoms with Crippen molar-refractivity contribution in [3.8, 4) is 0 Å². The molecular weight excluding hydrogens is 314 g/mol. The molecule has 1 saturated heterocycles. The van der Waals surface area contributed by atoms with Gasteiger partial charge < -0.3 is 4.90 Å². The van der Waals surface area contributed by atoms with Gasteiger partial charge in [0.2, 0.25) is 15.9 Å². The highest BCUT2D eigenvalue weighted by Crippen LogP contribution is 2.31. The Balaban J connectivity index is 1.71. The molecule has 0 radical (unpaired) electrons. The van der Waals surface area contributed by atoms with E-state index in [1.165, 1.54) is 10.6 Å². The molecule has 0 spiro atoms. The highest BCUT2D eigenvalue weighted by Gasteiger charge is 2.38. The number of nitrogens with zero attached hydrogens (tertiary/aromatic N) is 3. The number of aromatic nitrogens is 1. The van der Waals surface area contributed by atoms with Gasteiger partial charge in [0.1, 0.15) is 0 Å². The minimum absolute atomic E-state index is 0.0877. The maximum atomic E-state index is 12.9. The molecule has 1 aromatic rings. The van der Waals surface area contributed by atoms with E-state index in [4.69, 9.17) is 0 Å². The highest BCUT2D eigenvalue weighted by atomic mass is 32.2. The minimum atomic E-state index is -3.23. The van der Waals surface area contributed by atoms with Crippen molar-refractivity contribution in [2.75, 3.05) is 19.3 Å². The number of hydrogen-bond acceptors (Lipinski definition) is 4. The Bertz CT molecular complexity index is 658. The van der Waals surface area contributed by atoms with Crippen molar-refractivity contribution >= 4 is 15.9 Å². The normalized spacial score (nSPS) is 22.7. The quantitative estimate of drug-likeness (QED) is 0.811. The van der Waals surface area contributed by atoms with Crippen molar-refractivity contribution in [1.82, 2.24) is 14.2 Å². The summed E-state index contributed by atoms with van der Waals surface area (Å²) < 4.78 is 24.9. The van der Waals surface area contributed by atoms with Crippen molar-refractivity contribution < 1.29 is 13.2 Å². The summed E-state index contributed by atoms with van der Waals surface area (Å²) in [7, 11) is -3.23. The third-order valence-electron chi connectivity index (χ3n) is 4.55. The third kappa shape index (κ3) is 4.09. The summed E-state index contributed by atoms with van der Waals surface area (Å²) in [6.07, 6.45) is 8.30. The van der Waals surface area contributed by atoms with Crippen LogP contribution < -0.4 is 0 Å². The van der Waals surface area contributed by atoms with Gasteiger partial charge in [0.25, 0.3) is 0 Å². The molecule has 1 aliphatic heterocycles. The van der Waals surface area contributed by atoms with E-state index in [0.29, 0.717) is 25.7 Å². The molecule has 0 aromatic carbocycles. The summed E-state index contributed by atoms with van der Waals surface area (Å²) in [5, 5.41) is 0. The first kappa shape index (κ1) is 16.4. The summed E-state index contributed by atoms with van der Waals surface area (Å²) in [6.45, 7) is 1.40. The van der Waals surface area contributed by atoms with Crippen LogP contribution >= 0.6 is 0 Å². The molecule has 1 aliphatic carbocycles. The number of hydrogen-bond donors (Lipinski definition) is 0. The average molecular weight is 337 g/mol. The zero-order chi connectivity index (χ0) is 16.4. The monoisotopic (exact) mass is 337 g/mol. The Hall–Kier alpha value is -1.47. The number of piperidine rings is 1. The Morgan fingerprint density at radius 2 is 2.17 bits per heavy atom. The molecule has 0 N–H and O–H groups in total. The van der Waals surface area contributed by atoms with E-state index in [1.807, 2.05) is 17.0 Å². The van der Waals surface area contributed by atoms with Gasteiger partial charge in [-0.05, 0) is 37.3 Å². The number of rotatable bonds is 5. The SMILES string of the molecule is CS(=O)(=O)N1CCCC(C(=O)N(Cc2cccnc2)C2CC2)C1. The first-order valence-electron chi connectivity index (χ1n) is 8.09. The molecule has 126 valence electrons. The van der Waals surface area contributed by atoms with Crippen LogP contribution in [0.5, 0.6) is 0 Å². The molecule has 0 bridgehead atoms. The first-order valence-corrected chi connectivity index (χ1v) is 9.94. The van der Waals surface area contributed by atoms with Gasteiger partial charge in [-0.2, -0.15) is 0 Å². The van der Waals surface area contributed by atoms with Gasteiger partial charge in [-0.3, -0.25) is 9.78 Å². The van der Waals surface area contributed by atoms with Crippen LogP contribution in [0.4, 0.5) is 0 Å². The van der Waals surface area contributed by atoms with Crippen LogP contribution in [0.2, 0.25) is 0 Å². The smallest absolute Gasteiger partial charge is 0.227 e. The van der Waals surface area contributed by atoms with Crippen molar-refractivity contribution in [3.05, 3.63) is 30.1 Å². The van der Waals surface area contributed by atoms with Crippen LogP contribution in [-0.2, 0) is 21.4 Å². The van der Waals surface area contributed by atoms with Gasteiger partial charge in [-0.15, -0.1) is 0 Å². The lowest BCUT2D eigenvalue weighted by Crippen LogP contribution is -2.46. The largest absolute Gasteiger partial charge is 0.335 e. The van der Waals surface area contributed by atoms with Gasteiger partial charge in [0, 0.05) is 38.1 Å². The summed E-state index contributed by atoms with van der Waals surface area (Å²) in [6, 6.07) is 4.15. The Labute approximate surface area is 137 Å². The van der Waals surface area contributed by atoms with E-state index in [2.05, 4.69) is 4.98 Å². The lowest BCUT2D eigenvalue weighted by Gasteiger charge is -2.34. The van der Waals surface area contributed by atoms with Gasteiger partial charge in [-0.25, -0.2) is 12.7 Å². The predicted molar refractivity (Wildman–Crippen MR) is 86.9 cm³/mol. The molecular formula is C16H23N3O3S. The fourth-order valence-electron chi connectivity index (χ4n) is 3.14. The number of carbonyl (C=O) groups is 1. The van der Waals surface area contributed by atoms with E-state index in [1.54, 1.807) is 12.4 Å². The molecule has 1 atom stereocenters. The Morgan fingerprint density at radius 3 is 2.78 bits per heavy atom. The van der Waals surface area contributed by atoms with Crippen molar-refractivity contribution in [2.24, 2.45) is 5.92 Å². The van der Waals surface area contributed by atoms with E-state index in [0.717, 1.165) is 31.2 Å². The maximum Gasteiger partial charge on any atom is 0.227 e. The van der Waals surface area contributed by atoms with Gasteiger partial charge in [-0.1, -0.05) is 6.07 Å². The molecule has 3 rings (SSSR count). The summed E-state index contributed by atoms with van der Waals surface area (Å²) in [5.41, 5.74) is 1.02. The molecule has 2 fully saturated rings. The van der Waals surface area contributed by atoms with Crippen molar-refractivity contribution in [3.63, 3.8) is 0 Å². The van der Waals surface area contributed by atoms with Crippen LogP contribution in [0, 0.1) is 5.92 Å². The summed E-state index contributed by atoms with van der Waals surface area (Å²) in [5.74, 6) is -0.138. The highest BCUT2D eigenvalue weighted by molar-refractivity contribution is 7.88.